The summed E-state index contributed by atoms with van der Waals surface area (Å²) in [6.07, 6.45) is 5.84. The molecule has 3 atom stereocenters. The van der Waals surface area contributed by atoms with Crippen molar-refractivity contribution in [3.8, 4) is 0 Å². The second-order valence-electron chi connectivity index (χ2n) is 6.64. The van der Waals surface area contributed by atoms with E-state index in [1.165, 1.54) is 6.42 Å². The van der Waals surface area contributed by atoms with Crippen LogP contribution in [0.2, 0.25) is 0 Å². The Kier molecular flexibility index (Phi) is 7.52. The number of hydrogen-bond donors (Lipinski definition) is 1. The lowest BCUT2D eigenvalue weighted by Gasteiger charge is -2.38. The van der Waals surface area contributed by atoms with Crippen molar-refractivity contribution in [2.24, 2.45) is 11.8 Å². The molecule has 0 aromatic carbocycles. The minimum absolute atomic E-state index is 0.165. The highest BCUT2D eigenvalue weighted by Crippen LogP contribution is 2.34. The summed E-state index contributed by atoms with van der Waals surface area (Å²) in [5, 5.41) is 3.32. The van der Waals surface area contributed by atoms with Crippen LogP contribution < -0.4 is 5.32 Å². The number of sulfone groups is 1. The first-order chi connectivity index (χ1) is 9.42. The summed E-state index contributed by atoms with van der Waals surface area (Å²) < 4.78 is 25.3. The van der Waals surface area contributed by atoms with E-state index in [0.717, 1.165) is 38.6 Å². The fourth-order valence-electron chi connectivity index (χ4n) is 3.22. The molecule has 0 aromatic heterocycles. The van der Waals surface area contributed by atoms with Crippen LogP contribution in [0.4, 0.5) is 0 Å². The van der Waals surface area contributed by atoms with Crippen molar-refractivity contribution in [2.45, 2.75) is 77.5 Å². The monoisotopic (exact) mass is 303 g/mol. The van der Waals surface area contributed by atoms with E-state index in [-0.39, 0.29) is 11.3 Å². The maximum Gasteiger partial charge on any atom is 0.154 e. The van der Waals surface area contributed by atoms with Gasteiger partial charge in [0.25, 0.3) is 0 Å². The van der Waals surface area contributed by atoms with Crippen molar-refractivity contribution in [1.29, 1.82) is 0 Å². The molecule has 0 amide bonds. The number of hydrogen-bond acceptors (Lipinski definition) is 3. The first-order valence-corrected chi connectivity index (χ1v) is 10.1. The second kappa shape index (κ2) is 8.38. The maximum atomic E-state index is 12.6. The SMILES string of the molecule is CCCCS(=O)(=O)C1CC(C(C)C)CCC1NCCC. The molecule has 1 aliphatic rings. The van der Waals surface area contributed by atoms with Gasteiger partial charge in [-0.1, -0.05) is 34.1 Å². The summed E-state index contributed by atoms with van der Waals surface area (Å²) in [5.41, 5.74) is 0. The largest absolute Gasteiger partial charge is 0.313 e. The Hall–Kier alpha value is -0.0900. The molecule has 0 radical (unpaired) electrons. The van der Waals surface area contributed by atoms with E-state index in [0.29, 0.717) is 17.6 Å². The van der Waals surface area contributed by atoms with Crippen LogP contribution in [0.5, 0.6) is 0 Å². The molecule has 0 bridgehead atoms. The molecule has 1 saturated carbocycles. The van der Waals surface area contributed by atoms with Gasteiger partial charge in [0.2, 0.25) is 0 Å². The summed E-state index contributed by atoms with van der Waals surface area (Å²) in [5.74, 6) is 1.52. The van der Waals surface area contributed by atoms with Gasteiger partial charge in [-0.15, -0.1) is 0 Å². The van der Waals surface area contributed by atoms with Crippen molar-refractivity contribution in [2.75, 3.05) is 12.3 Å². The smallest absolute Gasteiger partial charge is 0.154 e. The predicted octanol–water partition coefficient (Wildman–Crippen LogP) is 3.39. The Bertz CT molecular complexity index is 365. The van der Waals surface area contributed by atoms with Gasteiger partial charge in [-0.2, -0.15) is 0 Å². The fraction of sp³-hybridized carbons (Fsp3) is 1.00. The Morgan fingerprint density at radius 3 is 2.40 bits per heavy atom. The highest BCUT2D eigenvalue weighted by molar-refractivity contribution is 7.92. The normalized spacial score (nSPS) is 27.9. The first kappa shape index (κ1) is 18.0. The third kappa shape index (κ3) is 5.03. The van der Waals surface area contributed by atoms with Gasteiger partial charge < -0.3 is 5.32 Å². The topological polar surface area (TPSA) is 46.2 Å². The maximum absolute atomic E-state index is 12.6. The molecule has 1 fully saturated rings. The van der Waals surface area contributed by atoms with Crippen LogP contribution in [0, 0.1) is 11.8 Å². The third-order valence-electron chi connectivity index (χ3n) is 4.68. The number of unbranched alkanes of at least 4 members (excludes halogenated alkanes) is 1. The molecule has 0 aromatic rings. The molecule has 3 nitrogen and oxygen atoms in total. The summed E-state index contributed by atoms with van der Waals surface area (Å²) >= 11 is 0. The van der Waals surface area contributed by atoms with E-state index in [9.17, 15) is 8.42 Å². The highest BCUT2D eigenvalue weighted by Gasteiger charge is 2.38. The molecule has 1 rings (SSSR count). The molecule has 0 heterocycles. The van der Waals surface area contributed by atoms with E-state index in [4.69, 9.17) is 0 Å². The van der Waals surface area contributed by atoms with Crippen LogP contribution in [-0.2, 0) is 9.84 Å². The summed E-state index contributed by atoms with van der Waals surface area (Å²) in [6, 6.07) is 0.173. The standard InChI is InChI=1S/C16H33NO2S/c1-5-7-11-20(18,19)16-12-14(13(3)4)8-9-15(16)17-10-6-2/h13-17H,5-12H2,1-4H3. The lowest BCUT2D eigenvalue weighted by atomic mass is 9.79. The quantitative estimate of drug-likeness (QED) is 0.747. The Labute approximate surface area is 125 Å². The van der Waals surface area contributed by atoms with Gasteiger partial charge in [-0.25, -0.2) is 8.42 Å². The molecule has 0 aliphatic heterocycles. The molecule has 0 saturated heterocycles. The Morgan fingerprint density at radius 1 is 1.15 bits per heavy atom. The van der Waals surface area contributed by atoms with Gasteiger partial charge >= 0.3 is 0 Å². The molecule has 1 aliphatic carbocycles. The molecule has 20 heavy (non-hydrogen) atoms. The fourth-order valence-corrected chi connectivity index (χ4v) is 5.49. The van der Waals surface area contributed by atoms with Crippen LogP contribution in [0.1, 0.15) is 66.2 Å². The van der Waals surface area contributed by atoms with Crippen LogP contribution in [-0.4, -0.2) is 32.0 Å². The Morgan fingerprint density at radius 2 is 1.85 bits per heavy atom. The predicted molar refractivity (Wildman–Crippen MR) is 86.7 cm³/mol. The van der Waals surface area contributed by atoms with Crippen molar-refractivity contribution >= 4 is 9.84 Å². The molecular weight excluding hydrogens is 270 g/mol. The van der Waals surface area contributed by atoms with Crippen molar-refractivity contribution in [3.05, 3.63) is 0 Å². The lowest BCUT2D eigenvalue weighted by molar-refractivity contribution is 0.241. The zero-order valence-corrected chi connectivity index (χ0v) is 14.5. The first-order valence-electron chi connectivity index (χ1n) is 8.37. The summed E-state index contributed by atoms with van der Waals surface area (Å²) in [7, 11) is -2.95. The van der Waals surface area contributed by atoms with Crippen LogP contribution in [0.3, 0.4) is 0 Å². The van der Waals surface area contributed by atoms with E-state index < -0.39 is 9.84 Å². The molecule has 0 spiro atoms. The Balaban J connectivity index is 2.80. The molecule has 120 valence electrons. The average Bonchev–Trinajstić information content (AvgIpc) is 2.42. The molecule has 4 heteroatoms. The van der Waals surface area contributed by atoms with Gasteiger partial charge in [0.05, 0.1) is 11.0 Å². The number of rotatable bonds is 8. The summed E-state index contributed by atoms with van der Waals surface area (Å²) in [6.45, 7) is 9.56. The minimum Gasteiger partial charge on any atom is -0.313 e. The van der Waals surface area contributed by atoms with Crippen LogP contribution in [0.15, 0.2) is 0 Å². The third-order valence-corrected chi connectivity index (χ3v) is 6.98. The van der Waals surface area contributed by atoms with Crippen LogP contribution in [0.25, 0.3) is 0 Å². The van der Waals surface area contributed by atoms with Crippen LogP contribution >= 0.6 is 0 Å². The second-order valence-corrected chi connectivity index (χ2v) is 8.98. The van der Waals surface area contributed by atoms with Crippen molar-refractivity contribution in [3.63, 3.8) is 0 Å². The lowest BCUT2D eigenvalue weighted by Crippen LogP contribution is -2.49. The van der Waals surface area contributed by atoms with Gasteiger partial charge in [0, 0.05) is 6.04 Å². The van der Waals surface area contributed by atoms with Crippen molar-refractivity contribution in [1.82, 2.24) is 5.32 Å². The van der Waals surface area contributed by atoms with Gasteiger partial charge in [0.1, 0.15) is 0 Å². The van der Waals surface area contributed by atoms with E-state index >= 15 is 0 Å². The average molecular weight is 304 g/mol. The molecule has 1 N–H and O–H groups in total. The zero-order valence-electron chi connectivity index (χ0n) is 13.7. The molecular formula is C16H33NO2S. The highest BCUT2D eigenvalue weighted by atomic mass is 32.2. The van der Waals surface area contributed by atoms with E-state index in [1.807, 2.05) is 0 Å². The minimum atomic E-state index is -2.95. The van der Waals surface area contributed by atoms with Gasteiger partial charge in [-0.3, -0.25) is 0 Å². The van der Waals surface area contributed by atoms with Gasteiger partial charge in [0.15, 0.2) is 9.84 Å². The van der Waals surface area contributed by atoms with Crippen molar-refractivity contribution < 1.29 is 8.42 Å². The van der Waals surface area contributed by atoms with E-state index in [2.05, 4.69) is 33.0 Å². The van der Waals surface area contributed by atoms with Gasteiger partial charge in [-0.05, 0) is 50.5 Å². The molecule has 3 unspecified atom stereocenters. The van der Waals surface area contributed by atoms with E-state index in [1.54, 1.807) is 0 Å². The number of nitrogens with one attached hydrogen (secondary N) is 1. The zero-order chi connectivity index (χ0) is 15.2. The summed E-state index contributed by atoms with van der Waals surface area (Å²) in [4.78, 5) is 0.